The van der Waals surface area contributed by atoms with Gasteiger partial charge in [-0.15, -0.1) is 5.10 Å². The van der Waals surface area contributed by atoms with Gasteiger partial charge in [-0.25, -0.2) is 0 Å². The molecule has 27 heavy (non-hydrogen) atoms. The van der Waals surface area contributed by atoms with Crippen molar-refractivity contribution in [1.82, 2.24) is 20.7 Å². The Bertz CT molecular complexity index is 993. The molecule has 138 valence electrons. The van der Waals surface area contributed by atoms with Gasteiger partial charge < -0.3 is 14.7 Å². The van der Waals surface area contributed by atoms with Gasteiger partial charge in [0, 0.05) is 30.9 Å². The minimum atomic E-state index is -0.0233. The van der Waals surface area contributed by atoms with Crippen LogP contribution in [0.1, 0.15) is 23.4 Å². The third-order valence-corrected chi connectivity index (χ3v) is 5.46. The minimum Gasteiger partial charge on any atom is -0.356 e. The molecule has 0 saturated carbocycles. The molecule has 1 aliphatic carbocycles. The Labute approximate surface area is 156 Å². The van der Waals surface area contributed by atoms with Crippen molar-refractivity contribution in [3.05, 3.63) is 47.3 Å². The first-order chi connectivity index (χ1) is 13.3. The number of benzene rings is 1. The Morgan fingerprint density at radius 3 is 3.04 bits per heavy atom. The van der Waals surface area contributed by atoms with Crippen LogP contribution in [0.15, 0.2) is 34.9 Å². The fraction of sp³-hybridized carbons (Fsp3) is 0.400. The van der Waals surface area contributed by atoms with Crippen LogP contribution >= 0.6 is 0 Å². The SMILES string of the molecule is O=C(Cc1noc2ccccc12)NCC1CN(c2cc3c(nn2)CCC3)C1. The fourth-order valence-corrected chi connectivity index (χ4v) is 3.90. The van der Waals surface area contributed by atoms with E-state index in [1.54, 1.807) is 0 Å². The predicted octanol–water partition coefficient (Wildman–Crippen LogP) is 1.90. The van der Waals surface area contributed by atoms with Gasteiger partial charge >= 0.3 is 0 Å². The van der Waals surface area contributed by atoms with Crippen LogP contribution < -0.4 is 10.2 Å². The Morgan fingerprint density at radius 2 is 2.11 bits per heavy atom. The maximum absolute atomic E-state index is 12.2. The van der Waals surface area contributed by atoms with Gasteiger partial charge in [-0.05, 0) is 43.0 Å². The number of hydrogen-bond acceptors (Lipinski definition) is 6. The number of hydrogen-bond donors (Lipinski definition) is 1. The summed E-state index contributed by atoms with van der Waals surface area (Å²) in [4.78, 5) is 14.5. The second-order valence-electron chi connectivity index (χ2n) is 7.41. The molecular formula is C20H21N5O2. The highest BCUT2D eigenvalue weighted by Gasteiger charge is 2.29. The van der Waals surface area contributed by atoms with Crippen LogP contribution in [0.5, 0.6) is 0 Å². The zero-order valence-corrected chi connectivity index (χ0v) is 15.0. The largest absolute Gasteiger partial charge is 0.356 e. The first kappa shape index (κ1) is 16.2. The molecule has 3 heterocycles. The van der Waals surface area contributed by atoms with E-state index in [0.717, 1.165) is 42.8 Å². The number of aryl methyl sites for hydroxylation is 2. The summed E-state index contributed by atoms with van der Waals surface area (Å²) in [5.41, 5.74) is 3.90. The van der Waals surface area contributed by atoms with E-state index in [1.165, 1.54) is 12.0 Å². The minimum absolute atomic E-state index is 0.0233. The summed E-state index contributed by atoms with van der Waals surface area (Å²) in [6, 6.07) is 9.78. The Balaban J connectivity index is 1.12. The molecule has 0 spiro atoms. The van der Waals surface area contributed by atoms with Crippen molar-refractivity contribution in [2.24, 2.45) is 5.92 Å². The number of nitrogens with zero attached hydrogens (tertiary/aromatic N) is 4. The lowest BCUT2D eigenvalue weighted by atomic mass is 10.00. The molecule has 1 aromatic carbocycles. The number of para-hydroxylation sites is 1. The van der Waals surface area contributed by atoms with Crippen LogP contribution in [0.4, 0.5) is 5.82 Å². The van der Waals surface area contributed by atoms with Gasteiger partial charge in [-0.3, -0.25) is 4.79 Å². The van der Waals surface area contributed by atoms with Gasteiger partial charge in [0.25, 0.3) is 0 Å². The van der Waals surface area contributed by atoms with Gasteiger partial charge in [-0.1, -0.05) is 17.3 Å². The highest BCUT2D eigenvalue weighted by atomic mass is 16.5. The smallest absolute Gasteiger partial charge is 0.226 e. The lowest BCUT2D eigenvalue weighted by molar-refractivity contribution is -0.120. The Hall–Kier alpha value is -2.96. The molecule has 1 N–H and O–H groups in total. The lowest BCUT2D eigenvalue weighted by Crippen LogP contribution is -2.52. The molecule has 1 aliphatic heterocycles. The monoisotopic (exact) mass is 363 g/mol. The second kappa shape index (κ2) is 6.64. The number of nitrogens with one attached hydrogen (secondary N) is 1. The van der Waals surface area contributed by atoms with Crippen molar-refractivity contribution in [3.63, 3.8) is 0 Å². The quantitative estimate of drug-likeness (QED) is 0.745. The van der Waals surface area contributed by atoms with E-state index in [-0.39, 0.29) is 12.3 Å². The van der Waals surface area contributed by atoms with Crippen LogP contribution in [-0.2, 0) is 24.1 Å². The molecule has 3 aromatic rings. The summed E-state index contributed by atoms with van der Waals surface area (Å²) in [5, 5.41) is 16.6. The maximum Gasteiger partial charge on any atom is 0.226 e. The van der Waals surface area contributed by atoms with Crippen molar-refractivity contribution in [3.8, 4) is 0 Å². The van der Waals surface area contributed by atoms with Crippen molar-refractivity contribution in [2.75, 3.05) is 24.5 Å². The Morgan fingerprint density at radius 1 is 1.22 bits per heavy atom. The summed E-state index contributed by atoms with van der Waals surface area (Å²) in [7, 11) is 0. The van der Waals surface area contributed by atoms with E-state index >= 15 is 0 Å². The summed E-state index contributed by atoms with van der Waals surface area (Å²) in [6.07, 6.45) is 3.59. The maximum atomic E-state index is 12.2. The zero-order chi connectivity index (χ0) is 18.2. The predicted molar refractivity (Wildman–Crippen MR) is 100 cm³/mol. The first-order valence-corrected chi connectivity index (χ1v) is 9.46. The van der Waals surface area contributed by atoms with E-state index in [2.05, 4.69) is 31.6 Å². The van der Waals surface area contributed by atoms with Crippen molar-refractivity contribution >= 4 is 22.7 Å². The van der Waals surface area contributed by atoms with Gasteiger partial charge in [0.2, 0.25) is 5.91 Å². The summed E-state index contributed by atoms with van der Waals surface area (Å²) in [5.74, 6) is 1.38. The topological polar surface area (TPSA) is 84.2 Å². The molecule has 2 aliphatic rings. The molecular weight excluding hydrogens is 342 g/mol. The molecule has 5 rings (SSSR count). The van der Waals surface area contributed by atoms with Crippen molar-refractivity contribution in [1.29, 1.82) is 0 Å². The number of fused-ring (bicyclic) bond motifs is 2. The molecule has 0 unspecified atom stereocenters. The molecule has 1 saturated heterocycles. The normalized spacial score (nSPS) is 16.4. The highest BCUT2D eigenvalue weighted by Crippen LogP contribution is 2.27. The van der Waals surface area contributed by atoms with E-state index in [9.17, 15) is 4.79 Å². The molecule has 1 amide bonds. The molecule has 0 atom stereocenters. The zero-order valence-electron chi connectivity index (χ0n) is 15.0. The van der Waals surface area contributed by atoms with Crippen molar-refractivity contribution < 1.29 is 9.32 Å². The van der Waals surface area contributed by atoms with E-state index < -0.39 is 0 Å². The van der Waals surface area contributed by atoms with Crippen molar-refractivity contribution in [2.45, 2.75) is 25.7 Å². The molecule has 7 nitrogen and oxygen atoms in total. The average Bonchev–Trinajstić information content (AvgIpc) is 3.27. The Kier molecular flexibility index (Phi) is 3.99. The van der Waals surface area contributed by atoms with Crippen LogP contribution in [-0.4, -0.2) is 40.9 Å². The molecule has 7 heteroatoms. The number of carbonyl (C=O) groups excluding carboxylic acids is 1. The average molecular weight is 363 g/mol. The molecule has 0 radical (unpaired) electrons. The number of carbonyl (C=O) groups is 1. The molecule has 0 bridgehead atoms. The summed E-state index contributed by atoms with van der Waals surface area (Å²) < 4.78 is 5.25. The van der Waals surface area contributed by atoms with Crippen LogP contribution in [0.2, 0.25) is 0 Å². The summed E-state index contributed by atoms with van der Waals surface area (Å²) in [6.45, 7) is 2.48. The van der Waals surface area contributed by atoms with Gasteiger partial charge in [-0.2, -0.15) is 5.10 Å². The standard InChI is InChI=1S/C20H21N5O2/c26-20(9-17-15-5-1-2-7-18(15)27-24-17)21-10-13-11-25(12-13)19-8-14-4-3-6-16(14)22-23-19/h1-2,5,7-8,13H,3-4,6,9-12H2,(H,21,26). The van der Waals surface area contributed by atoms with E-state index in [4.69, 9.17) is 4.52 Å². The number of amides is 1. The third kappa shape index (κ3) is 3.13. The molecule has 2 aromatic heterocycles. The number of rotatable bonds is 5. The van der Waals surface area contributed by atoms with Gasteiger partial charge in [0.05, 0.1) is 12.1 Å². The first-order valence-electron chi connectivity index (χ1n) is 9.46. The fourth-order valence-electron chi connectivity index (χ4n) is 3.90. The van der Waals surface area contributed by atoms with E-state index in [1.807, 2.05) is 24.3 Å². The van der Waals surface area contributed by atoms with Crippen LogP contribution in [0, 0.1) is 5.92 Å². The highest BCUT2D eigenvalue weighted by molar-refractivity contribution is 5.86. The number of aromatic nitrogens is 3. The van der Waals surface area contributed by atoms with Crippen LogP contribution in [0.3, 0.4) is 0 Å². The van der Waals surface area contributed by atoms with Gasteiger partial charge in [0.15, 0.2) is 11.4 Å². The number of anilines is 1. The lowest BCUT2D eigenvalue weighted by Gasteiger charge is -2.40. The third-order valence-electron chi connectivity index (χ3n) is 5.46. The van der Waals surface area contributed by atoms with E-state index in [0.29, 0.717) is 23.7 Å². The summed E-state index contributed by atoms with van der Waals surface area (Å²) >= 11 is 0. The molecule has 1 fully saturated rings. The second-order valence-corrected chi connectivity index (χ2v) is 7.41. The van der Waals surface area contributed by atoms with Gasteiger partial charge in [0.1, 0.15) is 5.69 Å². The van der Waals surface area contributed by atoms with Crippen LogP contribution in [0.25, 0.3) is 11.0 Å².